The minimum atomic E-state index is -0.820. The molecule has 0 N–H and O–H groups in total. The zero-order valence-corrected chi connectivity index (χ0v) is 31.1. The van der Waals surface area contributed by atoms with Crippen molar-refractivity contribution < 1.29 is 0 Å². The van der Waals surface area contributed by atoms with Gasteiger partial charge < -0.3 is 0 Å². The van der Waals surface area contributed by atoms with Crippen LogP contribution < -0.4 is 0 Å². The minimum absolute atomic E-state index is 0.738. The molecule has 0 unspecified atom stereocenters. The molecule has 4 aromatic rings. The summed E-state index contributed by atoms with van der Waals surface area (Å²) in [6, 6.07) is 25.4. The molecule has 262 valence electrons. The van der Waals surface area contributed by atoms with Crippen LogP contribution in [0.2, 0.25) is 0 Å². The van der Waals surface area contributed by atoms with Crippen molar-refractivity contribution in [1.29, 1.82) is 0 Å². The molecule has 0 spiro atoms. The summed E-state index contributed by atoms with van der Waals surface area (Å²) in [5, 5.41) is 42.4. The van der Waals surface area contributed by atoms with E-state index in [1.807, 2.05) is 107 Å². The summed E-state index contributed by atoms with van der Waals surface area (Å²) in [7, 11) is 14.9. The second-order valence-electron chi connectivity index (χ2n) is 12.9. The van der Waals surface area contributed by atoms with Gasteiger partial charge in [0.05, 0.1) is 28.2 Å². The summed E-state index contributed by atoms with van der Waals surface area (Å²) >= 11 is 0. The van der Waals surface area contributed by atoms with E-state index in [9.17, 15) is 0 Å². The van der Waals surface area contributed by atoms with Gasteiger partial charge in [-0.1, -0.05) is 69.5 Å². The predicted octanol–water partition coefficient (Wildman–Crippen LogP) is 10.4. The van der Waals surface area contributed by atoms with Crippen LogP contribution in [0.5, 0.6) is 0 Å². The molecule has 0 aromatic heterocycles. The maximum absolute atomic E-state index is 4.59. The van der Waals surface area contributed by atoms with Crippen molar-refractivity contribution in [1.82, 2.24) is 20.0 Å². The summed E-state index contributed by atoms with van der Waals surface area (Å²) in [4.78, 5) is 0. The Morgan fingerprint density at radius 3 is 1.18 bits per heavy atom. The van der Waals surface area contributed by atoms with Crippen LogP contribution in [-0.4, -0.2) is 76.4 Å². The Morgan fingerprint density at radius 2 is 0.824 bits per heavy atom. The number of hydrogen-bond donors (Lipinski definition) is 0. The molecule has 12 nitrogen and oxygen atoms in total. The van der Waals surface area contributed by atoms with E-state index in [2.05, 4.69) is 102 Å². The fraction of sp³-hybridized carbons (Fsp3) is 0.282. The zero-order valence-electron chi connectivity index (χ0n) is 31.1. The molecule has 51 heavy (non-hydrogen) atoms. The van der Waals surface area contributed by atoms with Crippen LogP contribution in [0, 0.1) is 0 Å². The summed E-state index contributed by atoms with van der Waals surface area (Å²) in [5.41, 5.74) is 10.5. The first-order valence-corrected chi connectivity index (χ1v) is 16.7. The molecule has 0 radical (unpaired) electrons. The molecule has 0 saturated heterocycles. The van der Waals surface area contributed by atoms with Gasteiger partial charge in [0.1, 0.15) is 0 Å². The number of benzene rings is 4. The second-order valence-corrected chi connectivity index (χ2v) is 12.9. The van der Waals surface area contributed by atoms with E-state index in [-0.39, 0.29) is 0 Å². The first-order valence-electron chi connectivity index (χ1n) is 16.7. The third-order valence-electron chi connectivity index (χ3n) is 8.06. The zero-order chi connectivity index (χ0) is 36.7. The first kappa shape index (κ1) is 36.2. The van der Waals surface area contributed by atoms with Crippen LogP contribution >= 0.6 is 0 Å². The molecule has 5 rings (SSSR count). The van der Waals surface area contributed by atoms with E-state index >= 15 is 0 Å². The quantitative estimate of drug-likeness (QED) is 0.0963. The number of rotatable bonds is 12. The largest absolute Gasteiger partial charge is 0.285 e. The highest BCUT2D eigenvalue weighted by Gasteiger charge is 2.47. The highest BCUT2D eigenvalue weighted by Crippen LogP contribution is 2.58. The highest BCUT2D eigenvalue weighted by molar-refractivity contribution is 5.89. The average Bonchev–Trinajstić information content (AvgIpc) is 3.38. The summed E-state index contributed by atoms with van der Waals surface area (Å²) in [5.74, 6) is 0. The third-order valence-corrected chi connectivity index (χ3v) is 8.06. The lowest BCUT2D eigenvalue weighted by Gasteiger charge is -2.34. The van der Waals surface area contributed by atoms with Crippen LogP contribution in [0.15, 0.2) is 126 Å². The van der Waals surface area contributed by atoms with Crippen molar-refractivity contribution in [2.75, 3.05) is 56.4 Å². The van der Waals surface area contributed by atoms with Crippen LogP contribution in [0.25, 0.3) is 23.3 Å². The highest BCUT2D eigenvalue weighted by atomic mass is 15.5. The Bertz CT molecular complexity index is 1900. The second kappa shape index (κ2) is 15.7. The minimum Gasteiger partial charge on any atom is -0.285 e. The molecule has 0 atom stereocenters. The molecule has 0 aliphatic heterocycles. The van der Waals surface area contributed by atoms with E-state index in [0.29, 0.717) is 0 Å². The summed E-state index contributed by atoms with van der Waals surface area (Å²) in [6.45, 7) is 4.01. The van der Waals surface area contributed by atoms with Crippen molar-refractivity contribution in [3.63, 3.8) is 0 Å². The van der Waals surface area contributed by atoms with Gasteiger partial charge in [0.15, 0.2) is 0 Å². The maximum atomic E-state index is 4.59. The van der Waals surface area contributed by atoms with E-state index < -0.39 is 5.41 Å². The van der Waals surface area contributed by atoms with Crippen molar-refractivity contribution in [3.05, 3.63) is 118 Å². The van der Waals surface area contributed by atoms with Crippen LogP contribution in [0.4, 0.5) is 22.7 Å². The molecular formula is C39H46N12. The lowest BCUT2D eigenvalue weighted by Crippen LogP contribution is -2.29. The maximum Gasteiger partial charge on any atom is 0.0946 e. The van der Waals surface area contributed by atoms with Gasteiger partial charge in [-0.05, 0) is 95.8 Å². The summed E-state index contributed by atoms with van der Waals surface area (Å²) in [6.07, 6.45) is 8.17. The molecule has 0 heterocycles. The van der Waals surface area contributed by atoms with E-state index in [4.69, 9.17) is 0 Å². The van der Waals surface area contributed by atoms with Gasteiger partial charge in [-0.15, -0.1) is 20.5 Å². The Balaban J connectivity index is 1.95. The number of fused-ring (bicyclic) bond motifs is 3. The summed E-state index contributed by atoms with van der Waals surface area (Å²) < 4.78 is 0. The molecule has 4 aromatic carbocycles. The van der Waals surface area contributed by atoms with E-state index in [1.165, 1.54) is 0 Å². The van der Waals surface area contributed by atoms with Crippen LogP contribution in [0.1, 0.15) is 47.2 Å². The van der Waals surface area contributed by atoms with Crippen molar-refractivity contribution in [3.8, 4) is 11.1 Å². The average molecular weight is 683 g/mol. The third kappa shape index (κ3) is 7.75. The normalized spacial score (nSPS) is 13.8. The lowest BCUT2D eigenvalue weighted by atomic mass is 9.67. The van der Waals surface area contributed by atoms with Gasteiger partial charge in [-0.3, -0.25) is 20.0 Å². The van der Waals surface area contributed by atoms with Crippen molar-refractivity contribution >= 4 is 34.9 Å². The first-order chi connectivity index (χ1) is 24.5. The predicted molar refractivity (Wildman–Crippen MR) is 206 cm³/mol. The van der Waals surface area contributed by atoms with Crippen LogP contribution in [-0.2, 0) is 5.41 Å². The fourth-order valence-corrected chi connectivity index (χ4v) is 6.15. The Labute approximate surface area is 300 Å². The number of hydrogen-bond acceptors (Lipinski definition) is 8. The molecule has 1 aliphatic carbocycles. The van der Waals surface area contributed by atoms with Gasteiger partial charge in [0.2, 0.25) is 0 Å². The van der Waals surface area contributed by atoms with Gasteiger partial charge in [0, 0.05) is 67.5 Å². The Morgan fingerprint density at radius 1 is 0.451 bits per heavy atom. The fourth-order valence-electron chi connectivity index (χ4n) is 6.15. The van der Waals surface area contributed by atoms with Crippen molar-refractivity contribution in [2.24, 2.45) is 41.4 Å². The SMILES string of the molecule is C/C=C\c1cc(C2(c3ccc(/N=N/N(C)C)c(/C=C\C)c3)c3cc(/N=N/N(C)C)ccc3-c3ccc(/N=N/N(C)C)cc32)ccc1/N=N/N(C)C. The van der Waals surface area contributed by atoms with E-state index in [0.717, 1.165) is 67.3 Å². The molecule has 0 bridgehead atoms. The van der Waals surface area contributed by atoms with Gasteiger partial charge >= 0.3 is 0 Å². The topological polar surface area (TPSA) is 112 Å². The monoisotopic (exact) mass is 682 g/mol. The number of allylic oxidation sites excluding steroid dienone is 2. The molecule has 0 amide bonds. The molecule has 12 heteroatoms. The standard InChI is InChI=1S/C39H46N12/c1-11-13-27-23-29(15-21-37(27)42-46-50(7)8)39(30-16-22-38(43-47-51(9)10)28(24-30)14-12-2)35-25-31(40-44-48(3)4)17-19-33(35)34-20-18-32(26-36(34)39)41-45-49(5)6/h11-26H,1-10H3/b13-11-,14-12-,44-40+,45-41+,46-42+,47-43+. The Kier molecular flexibility index (Phi) is 11.1. The molecule has 1 aliphatic rings. The lowest BCUT2D eigenvalue weighted by molar-refractivity contribution is 0.408. The Hall–Kier alpha value is -6.04. The van der Waals surface area contributed by atoms with Gasteiger partial charge in [-0.25, -0.2) is 0 Å². The molecule has 0 fully saturated rings. The van der Waals surface area contributed by atoms with Gasteiger partial charge in [0.25, 0.3) is 0 Å². The molecular weight excluding hydrogens is 637 g/mol. The number of nitrogens with zero attached hydrogens (tertiary/aromatic N) is 12. The van der Waals surface area contributed by atoms with Crippen LogP contribution in [0.3, 0.4) is 0 Å². The smallest absolute Gasteiger partial charge is 0.0946 e. The molecule has 0 saturated carbocycles. The van der Waals surface area contributed by atoms with E-state index in [1.54, 1.807) is 20.0 Å². The van der Waals surface area contributed by atoms with Crippen molar-refractivity contribution in [2.45, 2.75) is 19.3 Å². The van der Waals surface area contributed by atoms with Gasteiger partial charge in [-0.2, -0.15) is 0 Å².